The number of halogens is 1. The number of alkyl halides is 1. The molecular formula is C14H17FO3. The SMILES string of the molecule is COc1ccc(C(C)F)cc1C1(C(=O)O)CCC1. The predicted octanol–water partition coefficient (Wildman–Crippen LogP) is 3.23. The van der Waals surface area contributed by atoms with E-state index in [-0.39, 0.29) is 0 Å². The third-order valence-corrected chi connectivity index (χ3v) is 3.81. The molecule has 0 heterocycles. The Morgan fingerprint density at radius 1 is 1.50 bits per heavy atom. The maximum absolute atomic E-state index is 13.4. The van der Waals surface area contributed by atoms with Gasteiger partial charge in [-0.15, -0.1) is 0 Å². The molecule has 1 saturated carbocycles. The molecule has 1 aromatic rings. The van der Waals surface area contributed by atoms with E-state index in [2.05, 4.69) is 0 Å². The molecule has 3 nitrogen and oxygen atoms in total. The molecule has 4 heteroatoms. The standard InChI is InChI=1S/C14H17FO3/c1-9(15)10-4-5-12(18-2)11(8-10)14(13(16)17)6-3-7-14/h4-5,8-9H,3,6-7H2,1-2H3,(H,16,17). The first-order valence-corrected chi connectivity index (χ1v) is 6.07. The number of methoxy groups -OCH3 is 1. The van der Waals surface area contributed by atoms with Gasteiger partial charge in [-0.05, 0) is 37.5 Å². The van der Waals surface area contributed by atoms with E-state index in [0.717, 1.165) is 6.42 Å². The number of carbonyl (C=O) groups is 1. The van der Waals surface area contributed by atoms with Crippen LogP contribution in [0.5, 0.6) is 5.75 Å². The van der Waals surface area contributed by atoms with Gasteiger partial charge in [0, 0.05) is 5.56 Å². The molecule has 0 bridgehead atoms. The molecule has 0 amide bonds. The zero-order chi connectivity index (χ0) is 13.3. The Morgan fingerprint density at radius 3 is 2.56 bits per heavy atom. The van der Waals surface area contributed by atoms with Crippen LogP contribution in [0.4, 0.5) is 4.39 Å². The van der Waals surface area contributed by atoms with Gasteiger partial charge in [0.25, 0.3) is 0 Å². The van der Waals surface area contributed by atoms with E-state index in [1.165, 1.54) is 14.0 Å². The fourth-order valence-electron chi connectivity index (χ4n) is 2.48. The smallest absolute Gasteiger partial charge is 0.314 e. The van der Waals surface area contributed by atoms with Crippen molar-refractivity contribution >= 4 is 5.97 Å². The molecule has 0 radical (unpaired) electrons. The number of ether oxygens (including phenoxy) is 1. The second-order valence-corrected chi connectivity index (χ2v) is 4.82. The molecular weight excluding hydrogens is 235 g/mol. The highest BCUT2D eigenvalue weighted by molar-refractivity contribution is 5.83. The third-order valence-electron chi connectivity index (χ3n) is 3.81. The molecule has 1 aliphatic carbocycles. The molecule has 1 aliphatic rings. The average molecular weight is 252 g/mol. The van der Waals surface area contributed by atoms with Gasteiger partial charge in [0.05, 0.1) is 12.5 Å². The molecule has 0 aromatic heterocycles. The fraction of sp³-hybridized carbons (Fsp3) is 0.500. The lowest BCUT2D eigenvalue weighted by atomic mass is 9.64. The van der Waals surface area contributed by atoms with Crippen LogP contribution < -0.4 is 4.74 Å². The predicted molar refractivity (Wildman–Crippen MR) is 65.7 cm³/mol. The van der Waals surface area contributed by atoms with E-state index >= 15 is 0 Å². The van der Waals surface area contributed by atoms with Crippen LogP contribution in [-0.4, -0.2) is 18.2 Å². The quantitative estimate of drug-likeness (QED) is 0.894. The van der Waals surface area contributed by atoms with Gasteiger partial charge >= 0.3 is 5.97 Å². The van der Waals surface area contributed by atoms with E-state index < -0.39 is 17.6 Å². The summed E-state index contributed by atoms with van der Waals surface area (Å²) in [4.78, 5) is 11.5. The van der Waals surface area contributed by atoms with Crippen LogP contribution in [0.25, 0.3) is 0 Å². The maximum atomic E-state index is 13.4. The Labute approximate surface area is 106 Å². The van der Waals surface area contributed by atoms with Crippen LogP contribution in [0.3, 0.4) is 0 Å². The lowest BCUT2D eigenvalue weighted by molar-refractivity contribution is -0.147. The lowest BCUT2D eigenvalue weighted by Gasteiger charge is -2.39. The van der Waals surface area contributed by atoms with Gasteiger partial charge in [0.2, 0.25) is 0 Å². The summed E-state index contributed by atoms with van der Waals surface area (Å²) in [5.41, 5.74) is 0.208. The number of aliphatic carboxylic acids is 1. The van der Waals surface area contributed by atoms with Gasteiger partial charge in [-0.1, -0.05) is 12.5 Å². The largest absolute Gasteiger partial charge is 0.496 e. The number of benzene rings is 1. The molecule has 0 spiro atoms. The molecule has 0 aliphatic heterocycles. The number of rotatable bonds is 4. The van der Waals surface area contributed by atoms with Crippen LogP contribution >= 0.6 is 0 Å². The molecule has 98 valence electrons. The van der Waals surface area contributed by atoms with E-state index in [1.807, 2.05) is 0 Å². The van der Waals surface area contributed by atoms with Gasteiger partial charge in [0.15, 0.2) is 0 Å². The monoisotopic (exact) mass is 252 g/mol. The zero-order valence-corrected chi connectivity index (χ0v) is 10.6. The van der Waals surface area contributed by atoms with Crippen molar-refractivity contribution in [3.05, 3.63) is 29.3 Å². The molecule has 1 aromatic carbocycles. The Bertz CT molecular complexity index is 464. The number of hydrogen-bond donors (Lipinski definition) is 1. The van der Waals surface area contributed by atoms with Crippen LogP contribution in [-0.2, 0) is 10.2 Å². The Hall–Kier alpha value is -1.58. The minimum Gasteiger partial charge on any atom is -0.496 e. The summed E-state index contributed by atoms with van der Waals surface area (Å²) >= 11 is 0. The van der Waals surface area contributed by atoms with Crippen molar-refractivity contribution in [1.82, 2.24) is 0 Å². The van der Waals surface area contributed by atoms with E-state index in [4.69, 9.17) is 4.74 Å². The second kappa shape index (κ2) is 4.59. The van der Waals surface area contributed by atoms with Crippen LogP contribution in [0.1, 0.15) is 43.5 Å². The topological polar surface area (TPSA) is 46.5 Å². The summed E-state index contributed by atoms with van der Waals surface area (Å²) in [6, 6.07) is 4.93. The number of carboxylic acid groups (broad SMARTS) is 1. The molecule has 1 fully saturated rings. The van der Waals surface area contributed by atoms with Crippen LogP contribution in [0, 0.1) is 0 Å². The third kappa shape index (κ3) is 1.85. The highest BCUT2D eigenvalue weighted by Gasteiger charge is 2.47. The number of carboxylic acids is 1. The maximum Gasteiger partial charge on any atom is 0.314 e. The Morgan fingerprint density at radius 2 is 2.17 bits per heavy atom. The Kier molecular flexibility index (Phi) is 3.28. The van der Waals surface area contributed by atoms with Crippen molar-refractivity contribution in [2.75, 3.05) is 7.11 Å². The zero-order valence-electron chi connectivity index (χ0n) is 10.6. The second-order valence-electron chi connectivity index (χ2n) is 4.82. The lowest BCUT2D eigenvalue weighted by Crippen LogP contribution is -2.42. The van der Waals surface area contributed by atoms with Crippen molar-refractivity contribution < 1.29 is 19.0 Å². The summed E-state index contributed by atoms with van der Waals surface area (Å²) < 4.78 is 18.6. The van der Waals surface area contributed by atoms with Crippen molar-refractivity contribution in [2.24, 2.45) is 0 Å². The van der Waals surface area contributed by atoms with Crippen molar-refractivity contribution in [3.63, 3.8) is 0 Å². The van der Waals surface area contributed by atoms with Gasteiger partial charge in [-0.3, -0.25) is 4.79 Å². The molecule has 1 unspecified atom stereocenters. The summed E-state index contributed by atoms with van der Waals surface area (Å²) in [6.07, 6.45) is 0.941. The summed E-state index contributed by atoms with van der Waals surface area (Å²) in [6.45, 7) is 1.44. The van der Waals surface area contributed by atoms with E-state index in [0.29, 0.717) is 29.7 Å². The first kappa shape index (κ1) is 12.9. The average Bonchev–Trinajstić information content (AvgIpc) is 2.26. The molecule has 1 N–H and O–H groups in total. The molecule has 18 heavy (non-hydrogen) atoms. The van der Waals surface area contributed by atoms with Crippen molar-refractivity contribution in [1.29, 1.82) is 0 Å². The highest BCUT2D eigenvalue weighted by Crippen LogP contribution is 2.48. The first-order chi connectivity index (χ1) is 8.51. The van der Waals surface area contributed by atoms with Crippen molar-refractivity contribution in [3.8, 4) is 5.75 Å². The molecule has 0 saturated heterocycles. The minimum absolute atomic E-state index is 0.498. The highest BCUT2D eigenvalue weighted by atomic mass is 19.1. The van der Waals surface area contributed by atoms with Gasteiger partial charge < -0.3 is 9.84 Å². The van der Waals surface area contributed by atoms with Crippen molar-refractivity contribution in [2.45, 2.75) is 37.8 Å². The minimum atomic E-state index is -1.11. The summed E-state index contributed by atoms with van der Waals surface area (Å²) in [7, 11) is 1.51. The van der Waals surface area contributed by atoms with E-state index in [1.54, 1.807) is 18.2 Å². The van der Waals surface area contributed by atoms with Gasteiger partial charge in [-0.2, -0.15) is 0 Å². The van der Waals surface area contributed by atoms with E-state index in [9.17, 15) is 14.3 Å². The Balaban J connectivity index is 2.53. The fourth-order valence-corrected chi connectivity index (χ4v) is 2.48. The van der Waals surface area contributed by atoms with Gasteiger partial charge in [0.1, 0.15) is 11.9 Å². The normalized spacial score (nSPS) is 18.8. The summed E-state index contributed by atoms with van der Waals surface area (Å²) in [5, 5.41) is 9.44. The molecule has 2 rings (SSSR count). The summed E-state index contributed by atoms with van der Waals surface area (Å²) in [5.74, 6) is -0.322. The molecule has 1 atom stereocenters. The first-order valence-electron chi connectivity index (χ1n) is 6.07. The van der Waals surface area contributed by atoms with Crippen LogP contribution in [0.15, 0.2) is 18.2 Å². The van der Waals surface area contributed by atoms with Crippen LogP contribution in [0.2, 0.25) is 0 Å². The number of hydrogen-bond acceptors (Lipinski definition) is 2. The van der Waals surface area contributed by atoms with Gasteiger partial charge in [-0.25, -0.2) is 4.39 Å².